The van der Waals surface area contributed by atoms with Gasteiger partial charge in [-0.25, -0.2) is 8.78 Å². The van der Waals surface area contributed by atoms with Gasteiger partial charge < -0.3 is 10.5 Å². The number of Topliss-reactive ketones (excluding diaryl/α,β-unsaturated/α-hetero) is 2. The minimum absolute atomic E-state index is 0.0151. The van der Waals surface area contributed by atoms with Crippen LogP contribution in [0.5, 0.6) is 0 Å². The van der Waals surface area contributed by atoms with Gasteiger partial charge in [0.25, 0.3) is 0 Å². The molecule has 0 aliphatic rings. The second-order valence-corrected chi connectivity index (χ2v) is 13.1. The molecule has 0 unspecified atom stereocenters. The number of ether oxygens (including phenoxy) is 1. The topological polar surface area (TPSA) is 124 Å². The summed E-state index contributed by atoms with van der Waals surface area (Å²) < 4.78 is 33.6. The molecule has 8 nitrogen and oxygen atoms in total. The number of nitrogens with zero attached hydrogens (tertiary/aromatic N) is 2. The van der Waals surface area contributed by atoms with Crippen LogP contribution >= 0.6 is 0 Å². The number of halogens is 2. The van der Waals surface area contributed by atoms with Crippen molar-refractivity contribution < 1.29 is 27.9 Å². The zero-order valence-electron chi connectivity index (χ0n) is 31.1. The third-order valence-corrected chi connectivity index (χ3v) is 9.03. The van der Waals surface area contributed by atoms with E-state index in [-0.39, 0.29) is 37.6 Å². The average molecular weight is 755 g/mol. The average Bonchev–Trinajstić information content (AvgIpc) is 3.22. The molecule has 6 aromatic rings. The summed E-state index contributed by atoms with van der Waals surface area (Å²) in [6, 6.07) is 34.7. The Morgan fingerprint density at radius 1 is 0.625 bits per heavy atom. The minimum atomic E-state index is -0.647. The molecule has 0 saturated carbocycles. The van der Waals surface area contributed by atoms with Gasteiger partial charge in [-0.05, 0) is 113 Å². The number of hydrogen-bond acceptors (Lipinski definition) is 8. The van der Waals surface area contributed by atoms with Gasteiger partial charge in [-0.3, -0.25) is 29.7 Å². The third-order valence-electron chi connectivity index (χ3n) is 9.03. The van der Waals surface area contributed by atoms with Crippen molar-refractivity contribution in [3.05, 3.63) is 180 Å². The monoisotopic (exact) mass is 754 g/mol. The highest BCUT2D eigenvalue weighted by Gasteiger charge is 2.22. The fourth-order valence-corrected chi connectivity index (χ4v) is 6.05. The molecule has 56 heavy (non-hydrogen) atoms. The molecule has 0 bridgehead atoms. The van der Waals surface area contributed by atoms with Gasteiger partial charge >= 0.3 is 5.97 Å². The van der Waals surface area contributed by atoms with Crippen LogP contribution in [-0.4, -0.2) is 52.7 Å². The van der Waals surface area contributed by atoms with E-state index in [1.165, 1.54) is 12.1 Å². The lowest BCUT2D eigenvalue weighted by Crippen LogP contribution is -2.42. The van der Waals surface area contributed by atoms with E-state index in [0.29, 0.717) is 24.0 Å². The van der Waals surface area contributed by atoms with Gasteiger partial charge in [0.05, 0.1) is 25.2 Å². The van der Waals surface area contributed by atoms with Crippen LogP contribution in [0.3, 0.4) is 0 Å². The van der Waals surface area contributed by atoms with E-state index in [2.05, 4.69) is 15.3 Å². The van der Waals surface area contributed by atoms with E-state index in [1.54, 1.807) is 56.0 Å². The van der Waals surface area contributed by atoms with Crippen molar-refractivity contribution in [3.63, 3.8) is 0 Å². The predicted octanol–water partition coefficient (Wildman–Crippen LogP) is 7.33. The zero-order chi connectivity index (χ0) is 39.7. The Kier molecular flexibility index (Phi) is 15.4. The second-order valence-electron chi connectivity index (χ2n) is 13.1. The largest absolute Gasteiger partial charge is 0.465 e. The maximum Gasteiger partial charge on any atom is 0.319 e. The number of nitrogens with two attached hydrogens (primary N) is 1. The Morgan fingerprint density at radius 3 is 1.57 bits per heavy atom. The predicted molar refractivity (Wildman–Crippen MR) is 213 cm³/mol. The summed E-state index contributed by atoms with van der Waals surface area (Å²) in [5.41, 5.74) is 12.1. The molecule has 0 amide bonds. The Bertz CT molecular complexity index is 2170. The molecule has 0 spiro atoms. The minimum Gasteiger partial charge on any atom is -0.465 e. The van der Waals surface area contributed by atoms with Crippen molar-refractivity contribution in [2.45, 2.75) is 44.7 Å². The first-order chi connectivity index (χ1) is 27.2. The highest BCUT2D eigenvalue weighted by molar-refractivity contribution is 5.88. The van der Waals surface area contributed by atoms with Gasteiger partial charge in [0, 0.05) is 37.6 Å². The molecule has 286 valence electrons. The summed E-state index contributed by atoms with van der Waals surface area (Å²) in [7, 11) is 0. The number of aromatic nitrogens is 2. The molecule has 2 heterocycles. The van der Waals surface area contributed by atoms with Crippen molar-refractivity contribution in [1.82, 2.24) is 15.3 Å². The lowest BCUT2D eigenvalue weighted by atomic mass is 9.95. The summed E-state index contributed by atoms with van der Waals surface area (Å²) in [5, 5.41) is 2.98. The van der Waals surface area contributed by atoms with Crippen LogP contribution in [0.15, 0.2) is 146 Å². The summed E-state index contributed by atoms with van der Waals surface area (Å²) in [5.74, 6) is -1.62. The van der Waals surface area contributed by atoms with E-state index in [9.17, 15) is 23.2 Å². The van der Waals surface area contributed by atoms with Crippen LogP contribution in [0.2, 0.25) is 0 Å². The molecule has 0 fully saturated rings. The molecule has 4 aromatic carbocycles. The van der Waals surface area contributed by atoms with Crippen LogP contribution in [0.4, 0.5) is 8.78 Å². The molecule has 2 aromatic heterocycles. The highest BCUT2D eigenvalue weighted by Crippen LogP contribution is 2.24. The van der Waals surface area contributed by atoms with Gasteiger partial charge in [-0.15, -0.1) is 0 Å². The third kappa shape index (κ3) is 12.4. The van der Waals surface area contributed by atoms with Gasteiger partial charge in [0.1, 0.15) is 11.6 Å². The van der Waals surface area contributed by atoms with Crippen molar-refractivity contribution in [2.75, 3.05) is 13.2 Å². The number of hydrogen-bond donors (Lipinski definition) is 2. The van der Waals surface area contributed by atoms with E-state index >= 15 is 0 Å². The summed E-state index contributed by atoms with van der Waals surface area (Å²) in [6.45, 7) is 1.91. The lowest BCUT2D eigenvalue weighted by molar-refractivity contribution is -0.142. The number of carbonyl (C=O) groups is 3. The Labute approximate surface area is 325 Å². The standard InChI is InChI=1S/C25H25FN2O3.C21H19FN2O/c1-2-31-25(30)17-28-23(14-18-6-4-3-5-7-18)24(29)16-21-15-20(8-9-22(21)26)19-10-12-27-13-11-19;22-19-7-6-17(16-8-10-24-11-9-16)13-18(19)14-21(25)20(23)12-15-4-2-1-3-5-15/h3-13,15,23,28H,2,14,16-17H2,1H3;1-11,13,20H,12,14,23H2/t23-;20-/m00/s1. The summed E-state index contributed by atoms with van der Waals surface area (Å²) in [4.78, 5) is 45.3. The molecule has 2 atom stereocenters. The van der Waals surface area contributed by atoms with Gasteiger partial charge in [0.2, 0.25) is 0 Å². The molecule has 10 heteroatoms. The SMILES string of the molecule is CCOC(=O)CN[C@@H](Cc1ccccc1)C(=O)Cc1cc(-c2ccncc2)ccc1F.N[C@@H](Cc1ccccc1)C(=O)Cc1cc(-c2ccncc2)ccc1F. The van der Waals surface area contributed by atoms with E-state index in [1.807, 2.05) is 84.9 Å². The number of ketones is 2. The Balaban J connectivity index is 0.000000219. The highest BCUT2D eigenvalue weighted by atomic mass is 19.1. The number of esters is 1. The first kappa shape index (κ1) is 40.9. The normalized spacial score (nSPS) is 11.8. The molecule has 0 aliphatic carbocycles. The van der Waals surface area contributed by atoms with Gasteiger partial charge in [-0.2, -0.15) is 0 Å². The van der Waals surface area contributed by atoms with E-state index in [4.69, 9.17) is 10.5 Å². The first-order valence-corrected chi connectivity index (χ1v) is 18.4. The summed E-state index contributed by atoms with van der Waals surface area (Å²) in [6.07, 6.45) is 7.43. The maximum absolute atomic E-state index is 14.5. The molecular formula is C46H44F2N4O4. The molecule has 3 N–H and O–H groups in total. The Morgan fingerprint density at radius 2 is 1.09 bits per heavy atom. The molecular weight excluding hydrogens is 711 g/mol. The number of rotatable bonds is 16. The van der Waals surface area contributed by atoms with Crippen molar-refractivity contribution in [3.8, 4) is 22.3 Å². The van der Waals surface area contributed by atoms with Crippen molar-refractivity contribution in [1.29, 1.82) is 0 Å². The van der Waals surface area contributed by atoms with Crippen LogP contribution in [0.25, 0.3) is 22.3 Å². The fourth-order valence-electron chi connectivity index (χ4n) is 6.05. The maximum atomic E-state index is 14.5. The van der Waals surface area contributed by atoms with E-state index < -0.39 is 29.7 Å². The molecule has 0 aliphatic heterocycles. The van der Waals surface area contributed by atoms with Crippen LogP contribution in [0, 0.1) is 11.6 Å². The number of benzene rings is 4. The fraction of sp³-hybridized carbons (Fsp3) is 0.196. The lowest BCUT2D eigenvalue weighted by Gasteiger charge is -2.18. The number of nitrogens with one attached hydrogen (secondary N) is 1. The molecule has 6 rings (SSSR count). The first-order valence-electron chi connectivity index (χ1n) is 18.4. The van der Waals surface area contributed by atoms with Crippen molar-refractivity contribution >= 4 is 17.5 Å². The quantitative estimate of drug-likeness (QED) is 0.0985. The van der Waals surface area contributed by atoms with E-state index in [0.717, 1.165) is 33.4 Å². The second kappa shape index (κ2) is 21.0. The number of pyridine rings is 2. The van der Waals surface area contributed by atoms with Gasteiger partial charge in [0.15, 0.2) is 11.6 Å². The van der Waals surface area contributed by atoms with Crippen LogP contribution < -0.4 is 11.1 Å². The van der Waals surface area contributed by atoms with Crippen LogP contribution in [0.1, 0.15) is 29.2 Å². The molecule has 0 radical (unpaired) electrons. The van der Waals surface area contributed by atoms with Gasteiger partial charge in [-0.1, -0.05) is 72.8 Å². The summed E-state index contributed by atoms with van der Waals surface area (Å²) >= 11 is 0. The smallest absolute Gasteiger partial charge is 0.319 e. The number of carbonyl (C=O) groups excluding carboxylic acids is 3. The van der Waals surface area contributed by atoms with Crippen LogP contribution in [-0.2, 0) is 44.8 Å². The zero-order valence-corrected chi connectivity index (χ0v) is 31.1. The Hall–Kier alpha value is -6.23. The van der Waals surface area contributed by atoms with Crippen molar-refractivity contribution in [2.24, 2.45) is 5.73 Å². The molecule has 0 saturated heterocycles.